The van der Waals surface area contributed by atoms with Gasteiger partial charge in [0.2, 0.25) is 0 Å². The van der Waals surface area contributed by atoms with Gasteiger partial charge in [0, 0.05) is 6.54 Å². The molecule has 9 heavy (non-hydrogen) atoms. The lowest BCUT2D eigenvalue weighted by Gasteiger charge is -2.30. The van der Waals surface area contributed by atoms with Gasteiger partial charge in [-0.3, -0.25) is 5.01 Å². The van der Waals surface area contributed by atoms with Crippen molar-refractivity contribution in [2.45, 2.75) is 6.30 Å². The number of alkyl halides is 3. The quantitative estimate of drug-likeness (QED) is 0.464. The van der Waals surface area contributed by atoms with Gasteiger partial charge >= 0.3 is 6.30 Å². The summed E-state index contributed by atoms with van der Waals surface area (Å²) < 4.78 is 34.7. The van der Waals surface area contributed by atoms with E-state index in [-0.39, 0.29) is 11.6 Å². The maximum atomic E-state index is 11.6. The predicted octanol–water partition coefficient (Wildman–Crippen LogP) is 1.62. The zero-order valence-corrected chi connectivity index (χ0v) is 4.39. The zero-order chi connectivity index (χ0) is 6.91. The van der Waals surface area contributed by atoms with Gasteiger partial charge in [-0.05, 0) is 0 Å². The Bertz CT molecular complexity index is 120. The minimum atomic E-state index is -4.32. The second-order valence-electron chi connectivity index (χ2n) is 1.55. The van der Waals surface area contributed by atoms with E-state index < -0.39 is 6.30 Å². The molecule has 1 rings (SSSR count). The summed E-state index contributed by atoms with van der Waals surface area (Å²) in [5, 5.41) is 0.0625. The Morgan fingerprint density at radius 2 is 2.11 bits per heavy atom. The number of halogens is 3. The molecule has 52 valence electrons. The van der Waals surface area contributed by atoms with Crippen molar-refractivity contribution in [3.63, 3.8) is 0 Å². The second-order valence-corrected chi connectivity index (χ2v) is 1.55. The number of nitrogens with zero attached hydrogens (tertiary/aromatic N) is 2. The van der Waals surface area contributed by atoms with Crippen molar-refractivity contribution >= 4 is 0 Å². The lowest BCUT2D eigenvalue weighted by Crippen LogP contribution is -2.31. The van der Waals surface area contributed by atoms with E-state index in [9.17, 15) is 13.2 Å². The molecule has 0 fully saturated rings. The Morgan fingerprint density at radius 3 is 2.33 bits per heavy atom. The van der Waals surface area contributed by atoms with Crippen LogP contribution in [0.2, 0.25) is 0 Å². The molecule has 0 aromatic rings. The highest BCUT2D eigenvalue weighted by atomic mass is 19.4. The summed E-state index contributed by atoms with van der Waals surface area (Å²) in [6.07, 6.45) is -1.84. The first-order valence-electron chi connectivity index (χ1n) is 2.31. The van der Waals surface area contributed by atoms with Gasteiger partial charge in [-0.1, -0.05) is 6.08 Å². The van der Waals surface area contributed by atoms with Crippen LogP contribution >= 0.6 is 0 Å². The fourth-order valence-corrected chi connectivity index (χ4v) is 0.491. The van der Waals surface area contributed by atoms with Crippen LogP contribution < -0.4 is 0 Å². The van der Waals surface area contributed by atoms with E-state index in [0.717, 1.165) is 6.20 Å². The minimum absolute atomic E-state index is 0.0625. The van der Waals surface area contributed by atoms with Crippen molar-refractivity contribution < 1.29 is 13.2 Å². The highest BCUT2D eigenvalue weighted by Gasteiger charge is 2.30. The van der Waals surface area contributed by atoms with Gasteiger partial charge < -0.3 is 5.43 Å². The topological polar surface area (TPSA) is 17.3 Å². The zero-order valence-electron chi connectivity index (χ0n) is 4.39. The highest BCUT2D eigenvalue weighted by Crippen LogP contribution is 2.26. The van der Waals surface area contributed by atoms with Gasteiger partial charge in [0.15, 0.2) is 0 Å². The molecule has 2 nitrogen and oxygen atoms in total. The number of rotatable bonds is 0. The van der Waals surface area contributed by atoms with Crippen LogP contribution in [0, 0.1) is 0 Å². The van der Waals surface area contributed by atoms with Gasteiger partial charge in [0.05, 0.1) is 0 Å². The first-order chi connectivity index (χ1) is 4.11. The maximum absolute atomic E-state index is 11.6. The van der Waals surface area contributed by atoms with Gasteiger partial charge in [0.1, 0.15) is 0 Å². The van der Waals surface area contributed by atoms with Crippen LogP contribution in [0.15, 0.2) is 12.3 Å². The van der Waals surface area contributed by atoms with E-state index in [0.29, 0.717) is 0 Å². The summed E-state index contributed by atoms with van der Waals surface area (Å²) in [4.78, 5) is 0. The van der Waals surface area contributed by atoms with Gasteiger partial charge in [-0.25, -0.2) is 0 Å². The van der Waals surface area contributed by atoms with Crippen molar-refractivity contribution in [3.05, 3.63) is 17.7 Å². The smallest absolute Gasteiger partial charge is 0.446 e. The lowest BCUT2D eigenvalue weighted by molar-refractivity contribution is -0.225. The molecule has 0 aliphatic carbocycles. The summed E-state index contributed by atoms with van der Waals surface area (Å²) in [6, 6.07) is 0. The summed E-state index contributed by atoms with van der Waals surface area (Å²) in [6.45, 7) is -0.163. The third kappa shape index (κ3) is 1.35. The molecule has 1 aliphatic heterocycles. The molecular formula is C4H4F3N2-. The average Bonchev–Trinajstić information content (AvgIpc) is 2.08. The monoisotopic (exact) mass is 137 g/mol. The Hall–Kier alpha value is -0.710. The molecule has 0 N–H and O–H groups in total. The molecule has 5 heteroatoms. The summed E-state index contributed by atoms with van der Waals surface area (Å²) in [7, 11) is 0. The lowest BCUT2D eigenvalue weighted by atomic mass is 10.6. The molecule has 0 aromatic heterocycles. The first kappa shape index (κ1) is 6.41. The van der Waals surface area contributed by atoms with Gasteiger partial charge in [-0.2, -0.15) is 19.4 Å². The van der Waals surface area contributed by atoms with E-state index in [4.69, 9.17) is 0 Å². The number of hydrogen-bond donors (Lipinski definition) is 0. The SMILES string of the molecule is FC(F)(F)N1CC=C[N-]1. The Morgan fingerprint density at radius 1 is 1.44 bits per heavy atom. The second kappa shape index (κ2) is 1.91. The average molecular weight is 137 g/mol. The van der Waals surface area contributed by atoms with E-state index in [2.05, 4.69) is 5.43 Å². The number of hydrogen-bond acceptors (Lipinski definition) is 1. The highest BCUT2D eigenvalue weighted by molar-refractivity contribution is 5.07. The fourth-order valence-electron chi connectivity index (χ4n) is 0.491. The first-order valence-corrected chi connectivity index (χ1v) is 2.31. The van der Waals surface area contributed by atoms with Crippen LogP contribution in [0.4, 0.5) is 13.2 Å². The van der Waals surface area contributed by atoms with E-state index in [1.807, 2.05) is 0 Å². The molecule has 0 bridgehead atoms. The van der Waals surface area contributed by atoms with Gasteiger partial charge in [0.25, 0.3) is 0 Å². The van der Waals surface area contributed by atoms with Crippen LogP contribution in [0.5, 0.6) is 0 Å². The van der Waals surface area contributed by atoms with Gasteiger partial charge in [-0.15, -0.1) is 0 Å². The van der Waals surface area contributed by atoms with Crippen molar-refractivity contribution in [2.24, 2.45) is 0 Å². The molecule has 0 spiro atoms. The van der Waals surface area contributed by atoms with Crippen molar-refractivity contribution in [2.75, 3.05) is 6.54 Å². The Kier molecular flexibility index (Phi) is 1.36. The molecule has 0 saturated heterocycles. The van der Waals surface area contributed by atoms with E-state index >= 15 is 0 Å². The van der Waals surface area contributed by atoms with Crippen LogP contribution in [0.3, 0.4) is 0 Å². The molecule has 1 heterocycles. The molecule has 0 radical (unpaired) electrons. The maximum Gasteiger partial charge on any atom is 0.446 e. The van der Waals surface area contributed by atoms with Crippen LogP contribution in [0.1, 0.15) is 0 Å². The normalized spacial score (nSPS) is 20.3. The minimum Gasteiger partial charge on any atom is -0.619 e. The fraction of sp³-hybridized carbons (Fsp3) is 0.500. The molecule has 0 unspecified atom stereocenters. The molecular weight excluding hydrogens is 133 g/mol. The van der Waals surface area contributed by atoms with Crippen molar-refractivity contribution in [1.29, 1.82) is 0 Å². The molecule has 0 aromatic carbocycles. The van der Waals surface area contributed by atoms with Crippen molar-refractivity contribution in [3.8, 4) is 0 Å². The van der Waals surface area contributed by atoms with E-state index in [1.54, 1.807) is 0 Å². The van der Waals surface area contributed by atoms with E-state index in [1.165, 1.54) is 6.08 Å². The van der Waals surface area contributed by atoms with Crippen LogP contribution in [0.25, 0.3) is 5.43 Å². The summed E-state index contributed by atoms with van der Waals surface area (Å²) in [5.41, 5.74) is 3.03. The summed E-state index contributed by atoms with van der Waals surface area (Å²) in [5.74, 6) is 0. The predicted molar refractivity (Wildman–Crippen MR) is 25.3 cm³/mol. The van der Waals surface area contributed by atoms with Crippen LogP contribution in [-0.2, 0) is 0 Å². The Labute approximate surface area is 49.9 Å². The third-order valence-electron chi connectivity index (χ3n) is 0.882. The molecule has 1 aliphatic rings. The largest absolute Gasteiger partial charge is 0.619 e. The molecule has 0 saturated carbocycles. The standard InChI is InChI=1S/C4H4F3N2/c5-4(6,7)9-3-1-2-8-9/h1-2H,3H2/q-1. The van der Waals surface area contributed by atoms with Crippen LogP contribution in [-0.4, -0.2) is 17.9 Å². The van der Waals surface area contributed by atoms with Crippen molar-refractivity contribution in [1.82, 2.24) is 5.01 Å². The third-order valence-corrected chi connectivity index (χ3v) is 0.882. The molecule has 0 atom stereocenters. The Balaban J connectivity index is 2.46. The summed E-state index contributed by atoms with van der Waals surface area (Å²) >= 11 is 0. The molecule has 0 amide bonds.